The second-order valence-electron chi connectivity index (χ2n) is 7.40. The van der Waals surface area contributed by atoms with Gasteiger partial charge in [0.25, 0.3) is 5.91 Å². The molecule has 158 valence electrons. The van der Waals surface area contributed by atoms with E-state index in [-0.39, 0.29) is 11.9 Å². The predicted molar refractivity (Wildman–Crippen MR) is 121 cm³/mol. The van der Waals surface area contributed by atoms with E-state index in [1.54, 1.807) is 14.2 Å². The molecule has 6 heteroatoms. The number of nitrogens with zero attached hydrogens (tertiary/aromatic N) is 2. The van der Waals surface area contributed by atoms with E-state index in [0.717, 1.165) is 33.5 Å². The topological polar surface area (TPSA) is 65.4 Å². The van der Waals surface area contributed by atoms with Gasteiger partial charge in [0, 0.05) is 10.9 Å². The van der Waals surface area contributed by atoms with Gasteiger partial charge in [0.2, 0.25) is 0 Å². The largest absolute Gasteiger partial charge is 0.497 e. The van der Waals surface area contributed by atoms with Gasteiger partial charge in [-0.1, -0.05) is 30.3 Å². The molecule has 0 unspecified atom stereocenters. The number of benzene rings is 3. The molecule has 4 rings (SSSR count). The molecular weight excluding hydrogens is 390 g/mol. The van der Waals surface area contributed by atoms with Gasteiger partial charge in [-0.15, -0.1) is 0 Å². The van der Waals surface area contributed by atoms with Crippen LogP contribution in [0.5, 0.6) is 11.5 Å². The van der Waals surface area contributed by atoms with E-state index in [9.17, 15) is 4.79 Å². The van der Waals surface area contributed by atoms with Crippen molar-refractivity contribution in [3.8, 4) is 11.5 Å². The molecule has 1 heterocycles. The standard InChI is InChI=1S/C25H25N3O3/c1-17(19-9-11-22(30-2)12-10-19)27-25(29)20-7-8-21-15-26-28(24(21)14-20)16-18-5-4-6-23(13-18)31-3/h4-15,17H,16H2,1-3H3,(H,27,29)/t17-/m1/s1. The molecule has 0 saturated carbocycles. The molecule has 0 aliphatic carbocycles. The van der Waals surface area contributed by atoms with Crippen molar-refractivity contribution in [1.29, 1.82) is 0 Å². The number of carbonyl (C=O) groups excluding carboxylic acids is 1. The monoisotopic (exact) mass is 415 g/mol. The molecule has 0 saturated heterocycles. The highest BCUT2D eigenvalue weighted by Crippen LogP contribution is 2.21. The third kappa shape index (κ3) is 4.53. The lowest BCUT2D eigenvalue weighted by Gasteiger charge is -2.15. The maximum Gasteiger partial charge on any atom is 0.251 e. The van der Waals surface area contributed by atoms with E-state index < -0.39 is 0 Å². The number of rotatable bonds is 7. The summed E-state index contributed by atoms with van der Waals surface area (Å²) in [6.45, 7) is 2.55. The van der Waals surface area contributed by atoms with Crippen molar-refractivity contribution in [2.24, 2.45) is 0 Å². The number of nitrogens with one attached hydrogen (secondary N) is 1. The van der Waals surface area contributed by atoms with Gasteiger partial charge in [0.1, 0.15) is 11.5 Å². The summed E-state index contributed by atoms with van der Waals surface area (Å²) in [5.41, 5.74) is 3.60. The molecule has 1 amide bonds. The highest BCUT2D eigenvalue weighted by molar-refractivity contribution is 5.98. The van der Waals surface area contributed by atoms with Crippen molar-refractivity contribution in [3.63, 3.8) is 0 Å². The number of carbonyl (C=O) groups is 1. The zero-order valence-electron chi connectivity index (χ0n) is 17.8. The van der Waals surface area contributed by atoms with Crippen LogP contribution in [0, 0.1) is 0 Å². The normalized spacial score (nSPS) is 11.8. The van der Waals surface area contributed by atoms with Crippen LogP contribution in [0.4, 0.5) is 0 Å². The molecule has 0 radical (unpaired) electrons. The Kier molecular flexibility index (Phi) is 5.89. The van der Waals surface area contributed by atoms with Gasteiger partial charge in [-0.25, -0.2) is 0 Å². The summed E-state index contributed by atoms with van der Waals surface area (Å²) in [6.07, 6.45) is 1.82. The summed E-state index contributed by atoms with van der Waals surface area (Å²) >= 11 is 0. The third-order valence-corrected chi connectivity index (χ3v) is 5.34. The lowest BCUT2D eigenvalue weighted by molar-refractivity contribution is 0.0940. The number of aromatic nitrogens is 2. The minimum Gasteiger partial charge on any atom is -0.497 e. The minimum atomic E-state index is -0.129. The molecule has 1 aromatic heterocycles. The average molecular weight is 415 g/mol. The molecule has 31 heavy (non-hydrogen) atoms. The second kappa shape index (κ2) is 8.92. The Morgan fingerprint density at radius 3 is 2.52 bits per heavy atom. The number of fused-ring (bicyclic) bond motifs is 1. The van der Waals surface area contributed by atoms with Crippen molar-refractivity contribution < 1.29 is 14.3 Å². The van der Waals surface area contributed by atoms with Crippen molar-refractivity contribution in [3.05, 3.63) is 89.6 Å². The predicted octanol–water partition coefficient (Wildman–Crippen LogP) is 4.59. The molecule has 0 aliphatic heterocycles. The Balaban J connectivity index is 1.53. The maximum atomic E-state index is 12.9. The van der Waals surface area contributed by atoms with Gasteiger partial charge < -0.3 is 14.8 Å². The van der Waals surface area contributed by atoms with Crippen LogP contribution < -0.4 is 14.8 Å². The number of ether oxygens (including phenoxy) is 2. The van der Waals surface area contributed by atoms with Gasteiger partial charge in [0.15, 0.2) is 0 Å². The van der Waals surface area contributed by atoms with Crippen LogP contribution in [-0.2, 0) is 6.54 Å². The van der Waals surface area contributed by atoms with Crippen LogP contribution in [-0.4, -0.2) is 29.9 Å². The minimum absolute atomic E-state index is 0.126. The van der Waals surface area contributed by atoms with E-state index in [1.165, 1.54) is 0 Å². The summed E-state index contributed by atoms with van der Waals surface area (Å²) in [7, 11) is 3.29. The molecule has 1 N–H and O–H groups in total. The second-order valence-corrected chi connectivity index (χ2v) is 7.40. The van der Waals surface area contributed by atoms with Gasteiger partial charge in [-0.05, 0) is 54.4 Å². The summed E-state index contributed by atoms with van der Waals surface area (Å²) in [6, 6.07) is 21.1. The van der Waals surface area contributed by atoms with Crippen LogP contribution in [0.1, 0.15) is 34.5 Å². The Morgan fingerprint density at radius 1 is 1.00 bits per heavy atom. The van der Waals surface area contributed by atoms with Crippen LogP contribution in [0.15, 0.2) is 72.9 Å². The molecule has 3 aromatic carbocycles. The Labute approximate surface area is 181 Å². The fourth-order valence-electron chi connectivity index (χ4n) is 3.54. The van der Waals surface area contributed by atoms with Crippen LogP contribution >= 0.6 is 0 Å². The fraction of sp³-hybridized carbons (Fsp3) is 0.200. The zero-order chi connectivity index (χ0) is 21.8. The van der Waals surface area contributed by atoms with Crippen molar-refractivity contribution in [2.75, 3.05) is 14.2 Å². The first-order valence-corrected chi connectivity index (χ1v) is 10.1. The van der Waals surface area contributed by atoms with E-state index >= 15 is 0 Å². The van der Waals surface area contributed by atoms with Gasteiger partial charge in [0.05, 0.1) is 38.5 Å². The number of hydrogen-bond acceptors (Lipinski definition) is 4. The molecule has 4 aromatic rings. The van der Waals surface area contributed by atoms with Crippen molar-refractivity contribution >= 4 is 16.8 Å². The zero-order valence-corrected chi connectivity index (χ0v) is 17.8. The Bertz CT molecular complexity index is 1200. The van der Waals surface area contributed by atoms with Gasteiger partial charge in [-0.3, -0.25) is 9.48 Å². The summed E-state index contributed by atoms with van der Waals surface area (Å²) < 4.78 is 12.4. The first-order chi connectivity index (χ1) is 15.1. The molecule has 0 bridgehead atoms. The van der Waals surface area contributed by atoms with E-state index in [2.05, 4.69) is 10.4 Å². The number of hydrogen-bond donors (Lipinski definition) is 1. The molecule has 1 atom stereocenters. The Hall–Kier alpha value is -3.80. The van der Waals surface area contributed by atoms with E-state index in [0.29, 0.717) is 12.1 Å². The maximum absolute atomic E-state index is 12.9. The average Bonchev–Trinajstić information content (AvgIpc) is 3.21. The molecule has 0 fully saturated rings. The number of amides is 1. The molecule has 0 spiro atoms. The highest BCUT2D eigenvalue weighted by Gasteiger charge is 2.14. The van der Waals surface area contributed by atoms with Crippen molar-refractivity contribution in [2.45, 2.75) is 19.5 Å². The Morgan fingerprint density at radius 2 is 1.77 bits per heavy atom. The van der Waals surface area contributed by atoms with Gasteiger partial charge >= 0.3 is 0 Å². The summed E-state index contributed by atoms with van der Waals surface area (Å²) in [5.74, 6) is 1.47. The first-order valence-electron chi connectivity index (χ1n) is 10.1. The van der Waals surface area contributed by atoms with Crippen LogP contribution in [0.2, 0.25) is 0 Å². The summed E-state index contributed by atoms with van der Waals surface area (Å²) in [5, 5.41) is 8.56. The van der Waals surface area contributed by atoms with E-state index in [1.807, 2.05) is 84.5 Å². The molecule has 0 aliphatic rings. The van der Waals surface area contributed by atoms with Crippen molar-refractivity contribution in [1.82, 2.24) is 15.1 Å². The molecule has 6 nitrogen and oxygen atoms in total. The smallest absolute Gasteiger partial charge is 0.251 e. The van der Waals surface area contributed by atoms with E-state index in [4.69, 9.17) is 9.47 Å². The highest BCUT2D eigenvalue weighted by atomic mass is 16.5. The SMILES string of the molecule is COc1ccc([C@@H](C)NC(=O)c2ccc3cnn(Cc4cccc(OC)c4)c3c2)cc1. The lowest BCUT2D eigenvalue weighted by Crippen LogP contribution is -2.26. The quantitative estimate of drug-likeness (QED) is 0.479. The fourth-order valence-corrected chi connectivity index (χ4v) is 3.54. The lowest BCUT2D eigenvalue weighted by atomic mass is 10.1. The summed E-state index contributed by atoms with van der Waals surface area (Å²) in [4.78, 5) is 12.9. The van der Waals surface area contributed by atoms with Crippen LogP contribution in [0.3, 0.4) is 0 Å². The third-order valence-electron chi connectivity index (χ3n) is 5.34. The molecular formula is C25H25N3O3. The van der Waals surface area contributed by atoms with Crippen LogP contribution in [0.25, 0.3) is 10.9 Å². The first kappa shape index (κ1) is 20.5. The van der Waals surface area contributed by atoms with Gasteiger partial charge in [-0.2, -0.15) is 5.10 Å². The number of methoxy groups -OCH3 is 2.